The normalized spacial score (nSPS) is 32.6. The number of rotatable bonds is 0. The van der Waals surface area contributed by atoms with E-state index in [1.165, 1.54) is 6.42 Å². The minimum absolute atomic E-state index is 0.206. The Bertz CT molecular complexity index is 533. The van der Waals surface area contributed by atoms with Crippen LogP contribution < -0.4 is 0 Å². The molecule has 2 aliphatic rings. The van der Waals surface area contributed by atoms with Crippen LogP contribution in [-0.4, -0.2) is 0 Å². The third-order valence-corrected chi connectivity index (χ3v) is 4.60. The zero-order valence-corrected chi connectivity index (χ0v) is 11.4. The van der Waals surface area contributed by atoms with E-state index in [4.69, 9.17) is 0 Å². The van der Waals surface area contributed by atoms with Crippen LogP contribution in [0.3, 0.4) is 0 Å². The van der Waals surface area contributed by atoms with Crippen molar-refractivity contribution in [3.05, 3.63) is 48.0 Å². The van der Waals surface area contributed by atoms with Gasteiger partial charge in [0, 0.05) is 11.0 Å². The smallest absolute Gasteiger partial charge is 0.0469 e. The van der Waals surface area contributed by atoms with E-state index in [-0.39, 0.29) is 10.8 Å². The molecule has 0 bridgehead atoms. The van der Waals surface area contributed by atoms with Crippen LogP contribution in [0.4, 0.5) is 0 Å². The van der Waals surface area contributed by atoms with Crippen molar-refractivity contribution in [1.29, 1.82) is 0 Å². The molecule has 0 radical (unpaired) electrons. The summed E-state index contributed by atoms with van der Waals surface area (Å²) in [6.45, 7) is 7.00. The molecule has 0 spiro atoms. The van der Waals surface area contributed by atoms with Gasteiger partial charge in [-0.3, -0.25) is 0 Å². The van der Waals surface area contributed by atoms with E-state index < -0.39 is 0 Å². The molecule has 0 nitrogen and oxygen atoms in total. The molecule has 0 heterocycles. The molecule has 0 aliphatic heterocycles. The van der Waals surface area contributed by atoms with Gasteiger partial charge in [-0.2, -0.15) is 0 Å². The summed E-state index contributed by atoms with van der Waals surface area (Å²) in [5, 5.41) is 0. The Balaban J connectivity index is 1.95. The molecule has 92 valence electrons. The molecule has 0 saturated heterocycles. The van der Waals surface area contributed by atoms with Crippen molar-refractivity contribution >= 4 is 0 Å². The second kappa shape index (κ2) is 3.75. The highest BCUT2D eigenvalue weighted by molar-refractivity contribution is 5.43. The predicted octanol–water partition coefficient (Wildman–Crippen LogP) is 4.28. The van der Waals surface area contributed by atoms with Crippen molar-refractivity contribution in [1.82, 2.24) is 0 Å². The van der Waals surface area contributed by atoms with Gasteiger partial charge in [0.05, 0.1) is 0 Å². The number of fused-ring (bicyclic) bond motifs is 1. The lowest BCUT2D eigenvalue weighted by molar-refractivity contribution is 0.248. The Kier molecular flexibility index (Phi) is 2.42. The lowest BCUT2D eigenvalue weighted by Gasteiger charge is -2.29. The molecule has 1 saturated carbocycles. The molecular formula is C18H20. The first-order chi connectivity index (χ1) is 8.56. The SMILES string of the molecule is CC(C)(C)C1(C#Cc2ccccc2)C2C=CCC21. The molecule has 3 atom stereocenters. The van der Waals surface area contributed by atoms with Crippen molar-refractivity contribution < 1.29 is 0 Å². The first-order valence-electron chi connectivity index (χ1n) is 6.80. The van der Waals surface area contributed by atoms with Crippen LogP contribution in [0.25, 0.3) is 0 Å². The molecule has 2 aliphatic carbocycles. The summed E-state index contributed by atoms with van der Waals surface area (Å²) in [5.41, 5.74) is 1.60. The maximum atomic E-state index is 3.63. The second-order valence-electron chi connectivity index (χ2n) is 6.53. The van der Waals surface area contributed by atoms with Crippen LogP contribution in [0, 0.1) is 34.5 Å². The summed E-state index contributed by atoms with van der Waals surface area (Å²) in [6.07, 6.45) is 5.92. The van der Waals surface area contributed by atoms with E-state index in [0.29, 0.717) is 5.92 Å². The topological polar surface area (TPSA) is 0 Å². The summed E-state index contributed by atoms with van der Waals surface area (Å²) in [4.78, 5) is 0. The van der Waals surface area contributed by atoms with E-state index >= 15 is 0 Å². The molecule has 0 amide bonds. The average molecular weight is 236 g/mol. The Morgan fingerprint density at radius 2 is 1.89 bits per heavy atom. The second-order valence-corrected chi connectivity index (χ2v) is 6.53. The molecule has 3 rings (SSSR count). The van der Waals surface area contributed by atoms with Gasteiger partial charge in [0.2, 0.25) is 0 Å². The van der Waals surface area contributed by atoms with Crippen LogP contribution in [0.15, 0.2) is 42.5 Å². The van der Waals surface area contributed by atoms with Gasteiger partial charge in [-0.15, -0.1) is 0 Å². The third kappa shape index (κ3) is 1.54. The van der Waals surface area contributed by atoms with E-state index in [1.807, 2.05) is 6.07 Å². The highest BCUT2D eigenvalue weighted by atomic mass is 14.7. The van der Waals surface area contributed by atoms with Crippen LogP contribution in [-0.2, 0) is 0 Å². The van der Waals surface area contributed by atoms with Crippen LogP contribution in [0.5, 0.6) is 0 Å². The minimum Gasteiger partial charge on any atom is -0.0896 e. The standard InChI is InChI=1S/C18H20/c1-17(2,3)18(15-10-7-11-16(15)18)13-12-14-8-5-4-6-9-14/h4-10,15-16H,11H2,1-3H3. The molecule has 3 unspecified atom stereocenters. The van der Waals surface area contributed by atoms with E-state index in [2.05, 4.69) is 69.0 Å². The van der Waals surface area contributed by atoms with Crippen LogP contribution in [0.1, 0.15) is 32.8 Å². The maximum Gasteiger partial charge on any atom is 0.0469 e. The summed E-state index contributed by atoms with van der Waals surface area (Å²) in [5.74, 6) is 8.47. The highest BCUT2D eigenvalue weighted by Gasteiger charge is 2.68. The number of allylic oxidation sites excluding steroid dienone is 2. The van der Waals surface area contributed by atoms with Gasteiger partial charge in [0.15, 0.2) is 0 Å². The largest absolute Gasteiger partial charge is 0.0896 e. The fraction of sp³-hybridized carbons (Fsp3) is 0.444. The van der Waals surface area contributed by atoms with Gasteiger partial charge < -0.3 is 0 Å². The van der Waals surface area contributed by atoms with Gasteiger partial charge >= 0.3 is 0 Å². The highest BCUT2D eigenvalue weighted by Crippen LogP contribution is 2.71. The van der Waals surface area contributed by atoms with E-state index in [9.17, 15) is 0 Å². The zero-order valence-electron chi connectivity index (χ0n) is 11.4. The van der Waals surface area contributed by atoms with Crippen molar-refractivity contribution in [3.63, 3.8) is 0 Å². The van der Waals surface area contributed by atoms with E-state index in [1.54, 1.807) is 0 Å². The minimum atomic E-state index is 0.206. The van der Waals surface area contributed by atoms with Crippen molar-refractivity contribution in [2.24, 2.45) is 22.7 Å². The third-order valence-electron chi connectivity index (χ3n) is 4.60. The first-order valence-corrected chi connectivity index (χ1v) is 6.80. The first kappa shape index (κ1) is 11.6. The molecule has 0 N–H and O–H groups in total. The Morgan fingerprint density at radius 3 is 2.44 bits per heavy atom. The van der Waals surface area contributed by atoms with Crippen LogP contribution in [0.2, 0.25) is 0 Å². The van der Waals surface area contributed by atoms with Gasteiger partial charge in [-0.1, -0.05) is 63.0 Å². The zero-order chi connectivity index (χ0) is 12.8. The number of benzene rings is 1. The van der Waals surface area contributed by atoms with Gasteiger partial charge in [0.25, 0.3) is 0 Å². The lowest BCUT2D eigenvalue weighted by atomic mass is 9.74. The summed E-state index contributed by atoms with van der Waals surface area (Å²) >= 11 is 0. The van der Waals surface area contributed by atoms with E-state index in [0.717, 1.165) is 11.5 Å². The van der Waals surface area contributed by atoms with Gasteiger partial charge in [-0.05, 0) is 35.8 Å². The van der Waals surface area contributed by atoms with Crippen molar-refractivity contribution in [3.8, 4) is 11.8 Å². The monoisotopic (exact) mass is 236 g/mol. The number of hydrogen-bond donors (Lipinski definition) is 0. The molecule has 18 heavy (non-hydrogen) atoms. The fourth-order valence-corrected chi connectivity index (χ4v) is 3.60. The Hall–Kier alpha value is -1.48. The summed E-state index contributed by atoms with van der Waals surface area (Å²) in [7, 11) is 0. The lowest BCUT2D eigenvalue weighted by Crippen LogP contribution is -2.24. The molecule has 1 aromatic rings. The molecule has 1 fully saturated rings. The van der Waals surface area contributed by atoms with Crippen molar-refractivity contribution in [2.45, 2.75) is 27.2 Å². The number of hydrogen-bond acceptors (Lipinski definition) is 0. The Morgan fingerprint density at radius 1 is 1.17 bits per heavy atom. The summed E-state index contributed by atoms with van der Waals surface area (Å²) < 4.78 is 0. The molecule has 0 aromatic heterocycles. The fourth-order valence-electron chi connectivity index (χ4n) is 3.60. The van der Waals surface area contributed by atoms with Crippen molar-refractivity contribution in [2.75, 3.05) is 0 Å². The summed E-state index contributed by atoms with van der Waals surface area (Å²) in [6, 6.07) is 10.3. The Labute approximate surface area is 110 Å². The molecule has 0 heteroatoms. The average Bonchev–Trinajstić information content (AvgIpc) is 2.71. The van der Waals surface area contributed by atoms with Gasteiger partial charge in [-0.25, -0.2) is 0 Å². The van der Waals surface area contributed by atoms with Crippen LogP contribution >= 0.6 is 0 Å². The molecular weight excluding hydrogens is 216 g/mol. The predicted molar refractivity (Wildman–Crippen MR) is 75.9 cm³/mol. The maximum absolute atomic E-state index is 3.63. The quantitative estimate of drug-likeness (QED) is 0.466. The van der Waals surface area contributed by atoms with Gasteiger partial charge in [0.1, 0.15) is 0 Å². The molecule has 1 aromatic carbocycles.